The number of aromatic nitrogens is 3. The number of sulfone groups is 1. The normalized spacial score (nSPS) is 17.4. The molecule has 1 saturated heterocycles. The molecule has 2 aromatic carbocycles. The number of nitrogens with zero attached hydrogens (tertiary/aromatic N) is 3. The van der Waals surface area contributed by atoms with Crippen LogP contribution < -0.4 is 10.1 Å². The second kappa shape index (κ2) is 9.11. The van der Waals surface area contributed by atoms with Gasteiger partial charge in [-0.05, 0) is 30.7 Å². The van der Waals surface area contributed by atoms with Crippen molar-refractivity contribution >= 4 is 33.2 Å². The largest absolute Gasteiger partial charge is 0.457 e. The van der Waals surface area contributed by atoms with Crippen molar-refractivity contribution in [3.05, 3.63) is 60.4 Å². The summed E-state index contributed by atoms with van der Waals surface area (Å²) in [6.07, 6.45) is 0.556. The van der Waals surface area contributed by atoms with Crippen LogP contribution in [0.15, 0.2) is 59.8 Å². The van der Waals surface area contributed by atoms with Crippen molar-refractivity contribution in [2.75, 3.05) is 22.6 Å². The Morgan fingerprint density at radius 3 is 2.68 bits per heavy atom. The van der Waals surface area contributed by atoms with Gasteiger partial charge in [-0.3, -0.25) is 4.79 Å². The highest BCUT2D eigenvalue weighted by Crippen LogP contribution is 2.29. The molecule has 4 rings (SSSR count). The van der Waals surface area contributed by atoms with Crippen LogP contribution in [0.25, 0.3) is 0 Å². The summed E-state index contributed by atoms with van der Waals surface area (Å²) < 4.78 is 31.0. The first-order valence-corrected chi connectivity index (χ1v) is 12.6. The van der Waals surface area contributed by atoms with E-state index in [4.69, 9.17) is 4.74 Å². The lowest BCUT2D eigenvalue weighted by atomic mass is 10.1. The van der Waals surface area contributed by atoms with Crippen molar-refractivity contribution < 1.29 is 17.9 Å². The number of anilines is 1. The molecule has 31 heavy (non-hydrogen) atoms. The Bertz CT molecular complexity index is 1180. The molecule has 8 nitrogen and oxygen atoms in total. The molecule has 10 heteroatoms. The average Bonchev–Trinajstić information content (AvgIpc) is 3.29. The highest BCUT2D eigenvalue weighted by molar-refractivity contribution is 7.99. The minimum absolute atomic E-state index is 0.103. The fourth-order valence-corrected chi connectivity index (χ4v) is 5.85. The van der Waals surface area contributed by atoms with Gasteiger partial charge < -0.3 is 14.6 Å². The van der Waals surface area contributed by atoms with Crippen molar-refractivity contribution in [3.63, 3.8) is 0 Å². The van der Waals surface area contributed by atoms with E-state index in [0.717, 1.165) is 5.75 Å². The summed E-state index contributed by atoms with van der Waals surface area (Å²) in [4.78, 5) is 12.4. The van der Waals surface area contributed by atoms with Gasteiger partial charge in [0.05, 0.1) is 17.3 Å². The summed E-state index contributed by atoms with van der Waals surface area (Å²) in [6, 6.07) is 16.6. The van der Waals surface area contributed by atoms with Crippen molar-refractivity contribution in [1.29, 1.82) is 0 Å². The first-order valence-electron chi connectivity index (χ1n) is 9.75. The minimum Gasteiger partial charge on any atom is -0.457 e. The SMILES string of the molecule is Cn1c(SCC(=O)Nc2cccc(Oc3ccccc3)c2)nnc1C1CCS(=O)(=O)C1. The lowest BCUT2D eigenvalue weighted by Gasteiger charge is -2.09. The number of amides is 1. The van der Waals surface area contributed by atoms with E-state index in [1.165, 1.54) is 11.8 Å². The molecule has 2 heterocycles. The third-order valence-corrected chi connectivity index (χ3v) is 7.68. The van der Waals surface area contributed by atoms with Crippen LogP contribution in [0.1, 0.15) is 18.2 Å². The molecule has 1 atom stereocenters. The molecule has 1 aliphatic rings. The summed E-state index contributed by atoms with van der Waals surface area (Å²) in [5.74, 6) is 2.10. The zero-order valence-electron chi connectivity index (χ0n) is 16.9. The van der Waals surface area contributed by atoms with Crippen LogP contribution in [0.4, 0.5) is 5.69 Å². The molecule has 0 saturated carbocycles. The first-order chi connectivity index (χ1) is 14.9. The summed E-state index contributed by atoms with van der Waals surface area (Å²) in [6.45, 7) is 0. The molecule has 162 valence electrons. The second-order valence-electron chi connectivity index (χ2n) is 7.28. The molecule has 1 fully saturated rings. The number of para-hydroxylation sites is 1. The maximum atomic E-state index is 12.4. The van der Waals surface area contributed by atoms with Crippen molar-refractivity contribution in [3.8, 4) is 11.5 Å². The number of rotatable bonds is 7. The number of hydrogen-bond donors (Lipinski definition) is 1. The molecule has 0 aliphatic carbocycles. The Hall–Kier alpha value is -2.85. The predicted molar refractivity (Wildman–Crippen MR) is 119 cm³/mol. The quantitative estimate of drug-likeness (QED) is 0.542. The fraction of sp³-hybridized carbons (Fsp3) is 0.286. The topological polar surface area (TPSA) is 103 Å². The Morgan fingerprint density at radius 2 is 1.94 bits per heavy atom. The van der Waals surface area contributed by atoms with Crippen molar-refractivity contribution in [2.24, 2.45) is 7.05 Å². The smallest absolute Gasteiger partial charge is 0.234 e. The number of ether oxygens (including phenoxy) is 1. The van der Waals surface area contributed by atoms with Gasteiger partial charge in [-0.15, -0.1) is 10.2 Å². The number of carbonyl (C=O) groups excluding carboxylic acids is 1. The van der Waals surface area contributed by atoms with E-state index in [-0.39, 0.29) is 29.1 Å². The third-order valence-electron chi connectivity index (χ3n) is 4.90. The monoisotopic (exact) mass is 458 g/mol. The predicted octanol–water partition coefficient (Wildman–Crippen LogP) is 3.24. The molecule has 1 aromatic heterocycles. The average molecular weight is 459 g/mol. The third kappa shape index (κ3) is 5.45. The molecule has 1 unspecified atom stereocenters. The van der Waals surface area contributed by atoms with Crippen LogP contribution in [0.3, 0.4) is 0 Å². The van der Waals surface area contributed by atoms with E-state index in [9.17, 15) is 13.2 Å². The molecular weight excluding hydrogens is 436 g/mol. The van der Waals surface area contributed by atoms with Gasteiger partial charge in [0, 0.05) is 24.7 Å². The molecule has 0 bridgehead atoms. The van der Waals surface area contributed by atoms with Gasteiger partial charge in [0.15, 0.2) is 15.0 Å². The van der Waals surface area contributed by atoms with Crippen LogP contribution in [-0.4, -0.2) is 46.3 Å². The van der Waals surface area contributed by atoms with E-state index in [1.807, 2.05) is 42.5 Å². The zero-order chi connectivity index (χ0) is 21.8. The summed E-state index contributed by atoms with van der Waals surface area (Å²) >= 11 is 1.26. The number of benzene rings is 2. The fourth-order valence-electron chi connectivity index (χ4n) is 3.40. The molecule has 0 radical (unpaired) electrons. The van der Waals surface area contributed by atoms with Gasteiger partial charge in [0.25, 0.3) is 0 Å². The lowest BCUT2D eigenvalue weighted by molar-refractivity contribution is -0.113. The zero-order valence-corrected chi connectivity index (χ0v) is 18.5. The summed E-state index contributed by atoms with van der Waals surface area (Å²) in [5.41, 5.74) is 0.633. The van der Waals surface area contributed by atoms with E-state index in [2.05, 4.69) is 15.5 Å². The van der Waals surface area contributed by atoms with Crippen LogP contribution in [0.2, 0.25) is 0 Å². The molecular formula is C21H22N4O4S2. The number of hydrogen-bond acceptors (Lipinski definition) is 7. The van der Waals surface area contributed by atoms with Gasteiger partial charge in [0.1, 0.15) is 17.3 Å². The molecule has 1 N–H and O–H groups in total. The summed E-state index contributed by atoms with van der Waals surface area (Å²) in [7, 11) is -1.20. The highest BCUT2D eigenvalue weighted by Gasteiger charge is 2.32. The second-order valence-corrected chi connectivity index (χ2v) is 10.5. The molecule has 3 aromatic rings. The minimum atomic E-state index is -3.00. The lowest BCUT2D eigenvalue weighted by Crippen LogP contribution is -2.14. The van der Waals surface area contributed by atoms with Crippen molar-refractivity contribution in [1.82, 2.24) is 14.8 Å². The van der Waals surface area contributed by atoms with Crippen LogP contribution in [0, 0.1) is 0 Å². The van der Waals surface area contributed by atoms with Gasteiger partial charge >= 0.3 is 0 Å². The van der Waals surface area contributed by atoms with Gasteiger partial charge in [0.2, 0.25) is 5.91 Å². The Kier molecular flexibility index (Phi) is 6.28. The van der Waals surface area contributed by atoms with E-state index < -0.39 is 9.84 Å². The number of nitrogens with one attached hydrogen (secondary N) is 1. The number of carbonyl (C=O) groups is 1. The summed E-state index contributed by atoms with van der Waals surface area (Å²) in [5, 5.41) is 11.7. The van der Waals surface area contributed by atoms with Gasteiger partial charge in [-0.1, -0.05) is 36.0 Å². The van der Waals surface area contributed by atoms with E-state index in [0.29, 0.717) is 28.8 Å². The Morgan fingerprint density at radius 1 is 1.16 bits per heavy atom. The molecule has 1 amide bonds. The Labute approximate surface area is 184 Å². The standard InChI is InChI=1S/C21H22N4O4S2/c1-25-20(15-10-11-31(27,28)14-15)23-24-21(25)30-13-19(26)22-16-6-5-9-18(12-16)29-17-7-3-2-4-8-17/h2-9,12,15H,10-11,13-14H2,1H3,(H,22,26). The highest BCUT2D eigenvalue weighted by atomic mass is 32.2. The maximum absolute atomic E-state index is 12.4. The van der Waals surface area contributed by atoms with Crippen LogP contribution in [0.5, 0.6) is 11.5 Å². The number of thioether (sulfide) groups is 1. The maximum Gasteiger partial charge on any atom is 0.234 e. The Balaban J connectivity index is 1.33. The van der Waals surface area contributed by atoms with Crippen molar-refractivity contribution in [2.45, 2.75) is 17.5 Å². The first kappa shape index (κ1) is 21.4. The van der Waals surface area contributed by atoms with Crippen LogP contribution in [-0.2, 0) is 21.7 Å². The van der Waals surface area contributed by atoms with Gasteiger partial charge in [-0.25, -0.2) is 8.42 Å². The van der Waals surface area contributed by atoms with Gasteiger partial charge in [-0.2, -0.15) is 0 Å². The van der Waals surface area contributed by atoms with E-state index in [1.54, 1.807) is 23.7 Å². The van der Waals surface area contributed by atoms with E-state index >= 15 is 0 Å². The van der Waals surface area contributed by atoms with Crippen LogP contribution >= 0.6 is 11.8 Å². The molecule has 1 aliphatic heterocycles. The molecule has 0 spiro atoms.